The fourth-order valence-electron chi connectivity index (χ4n) is 2.89. The Labute approximate surface area is 118 Å². The average molecular weight is 294 g/mol. The van der Waals surface area contributed by atoms with Crippen molar-refractivity contribution in [2.75, 3.05) is 5.32 Å². The highest BCUT2D eigenvalue weighted by Gasteiger charge is 2.29. The van der Waals surface area contributed by atoms with Gasteiger partial charge >= 0.3 is 0 Å². The number of nitrogens with one attached hydrogen (secondary N) is 2. The summed E-state index contributed by atoms with van der Waals surface area (Å²) in [6, 6.07) is 4.87. The highest BCUT2D eigenvalue weighted by Crippen LogP contribution is 2.33. The molecule has 1 aromatic rings. The number of fused-ring (bicyclic) bond motifs is 1. The van der Waals surface area contributed by atoms with Crippen LogP contribution in [0.3, 0.4) is 0 Å². The molecule has 3 rings (SSSR count). The Morgan fingerprint density at radius 2 is 1.95 bits per heavy atom. The van der Waals surface area contributed by atoms with Crippen molar-refractivity contribution in [3.8, 4) is 0 Å². The number of carbonyl (C=O) groups is 1. The number of anilines is 1. The quantitative estimate of drug-likeness (QED) is 0.895. The van der Waals surface area contributed by atoms with Crippen LogP contribution in [0.4, 0.5) is 5.69 Å². The smallest absolute Gasteiger partial charge is 0.240 e. The lowest BCUT2D eigenvalue weighted by Gasteiger charge is -2.13. The zero-order chi connectivity index (χ0) is 14.3. The van der Waals surface area contributed by atoms with E-state index in [-0.39, 0.29) is 22.8 Å². The maximum Gasteiger partial charge on any atom is 0.240 e. The minimum Gasteiger partial charge on any atom is -0.325 e. The van der Waals surface area contributed by atoms with Gasteiger partial charge in [-0.15, -0.1) is 0 Å². The number of sulfonamides is 1. The van der Waals surface area contributed by atoms with Crippen molar-refractivity contribution in [2.24, 2.45) is 0 Å². The van der Waals surface area contributed by atoms with Crippen molar-refractivity contribution in [2.45, 2.75) is 49.5 Å². The van der Waals surface area contributed by atoms with Gasteiger partial charge in [-0.3, -0.25) is 4.79 Å². The Kier molecular flexibility index (Phi) is 3.30. The molecule has 1 fully saturated rings. The van der Waals surface area contributed by atoms with Gasteiger partial charge in [0.15, 0.2) is 0 Å². The second-order valence-electron chi connectivity index (χ2n) is 5.56. The predicted octanol–water partition coefficient (Wildman–Crippen LogP) is 1.96. The molecule has 0 aromatic heterocycles. The second-order valence-corrected chi connectivity index (χ2v) is 7.28. The minimum atomic E-state index is -3.50. The van der Waals surface area contributed by atoms with Gasteiger partial charge in [-0.2, -0.15) is 0 Å². The summed E-state index contributed by atoms with van der Waals surface area (Å²) in [7, 11) is -3.50. The van der Waals surface area contributed by atoms with E-state index < -0.39 is 10.0 Å². The van der Waals surface area contributed by atoms with Gasteiger partial charge in [-0.1, -0.05) is 12.8 Å². The first-order valence-electron chi connectivity index (χ1n) is 6.94. The molecule has 6 heteroatoms. The molecule has 1 saturated carbocycles. The molecule has 1 aliphatic heterocycles. The number of carbonyl (C=O) groups excluding carboxylic acids is 1. The van der Waals surface area contributed by atoms with E-state index in [2.05, 4.69) is 10.0 Å². The Balaban J connectivity index is 1.89. The molecule has 0 saturated heterocycles. The van der Waals surface area contributed by atoms with Crippen LogP contribution in [0.2, 0.25) is 0 Å². The summed E-state index contributed by atoms with van der Waals surface area (Å²) in [6.07, 6.45) is 3.96. The van der Waals surface area contributed by atoms with Crippen LogP contribution >= 0.6 is 0 Å². The van der Waals surface area contributed by atoms with E-state index in [1.54, 1.807) is 25.1 Å². The van der Waals surface area contributed by atoms with Gasteiger partial charge in [-0.25, -0.2) is 13.1 Å². The maximum atomic E-state index is 12.4. The molecule has 2 aliphatic rings. The van der Waals surface area contributed by atoms with Crippen molar-refractivity contribution >= 4 is 21.6 Å². The third-order valence-corrected chi connectivity index (χ3v) is 5.65. The lowest BCUT2D eigenvalue weighted by atomic mass is 10.0. The van der Waals surface area contributed by atoms with Crippen LogP contribution in [0, 0.1) is 0 Å². The van der Waals surface area contributed by atoms with Gasteiger partial charge in [0.05, 0.1) is 10.8 Å². The van der Waals surface area contributed by atoms with Crippen LogP contribution in [0.1, 0.15) is 44.1 Å². The van der Waals surface area contributed by atoms with Crippen molar-refractivity contribution in [3.05, 3.63) is 23.8 Å². The first kappa shape index (κ1) is 13.6. The van der Waals surface area contributed by atoms with Gasteiger partial charge in [0.1, 0.15) is 0 Å². The molecule has 5 nitrogen and oxygen atoms in total. The molecule has 1 unspecified atom stereocenters. The van der Waals surface area contributed by atoms with E-state index in [1.807, 2.05) is 0 Å². The van der Waals surface area contributed by atoms with E-state index in [0.29, 0.717) is 5.69 Å². The SMILES string of the molecule is CC1C(=O)Nc2ccc(S(=O)(=O)NC3CCCC3)cc21. The average Bonchev–Trinajstić information content (AvgIpc) is 2.98. The third-order valence-electron chi connectivity index (χ3n) is 4.13. The van der Waals surface area contributed by atoms with E-state index in [4.69, 9.17) is 0 Å². The van der Waals surface area contributed by atoms with Crippen LogP contribution in [0.25, 0.3) is 0 Å². The first-order chi connectivity index (χ1) is 9.47. The van der Waals surface area contributed by atoms with Gasteiger partial charge in [0.25, 0.3) is 0 Å². The lowest BCUT2D eigenvalue weighted by Crippen LogP contribution is -2.32. The summed E-state index contributed by atoms with van der Waals surface area (Å²) in [5.74, 6) is -0.384. The molecule has 1 aromatic carbocycles. The zero-order valence-corrected chi connectivity index (χ0v) is 12.2. The van der Waals surface area contributed by atoms with Crippen LogP contribution in [0.5, 0.6) is 0 Å². The highest BCUT2D eigenvalue weighted by atomic mass is 32.2. The molecule has 0 radical (unpaired) electrons. The number of amides is 1. The van der Waals surface area contributed by atoms with Crippen molar-refractivity contribution in [3.63, 3.8) is 0 Å². The Hall–Kier alpha value is -1.40. The molecule has 1 atom stereocenters. The molecule has 1 amide bonds. The van der Waals surface area contributed by atoms with Gasteiger partial charge < -0.3 is 5.32 Å². The Morgan fingerprint density at radius 3 is 2.65 bits per heavy atom. The van der Waals surface area contributed by atoms with E-state index in [9.17, 15) is 13.2 Å². The van der Waals surface area contributed by atoms with E-state index in [1.165, 1.54) is 0 Å². The number of benzene rings is 1. The van der Waals surface area contributed by atoms with Crippen molar-refractivity contribution < 1.29 is 13.2 Å². The fourth-order valence-corrected chi connectivity index (χ4v) is 4.23. The Morgan fingerprint density at radius 1 is 1.25 bits per heavy atom. The van der Waals surface area contributed by atoms with Crippen molar-refractivity contribution in [1.29, 1.82) is 0 Å². The molecule has 2 N–H and O–H groups in total. The van der Waals surface area contributed by atoms with Gasteiger partial charge in [0.2, 0.25) is 15.9 Å². The van der Waals surface area contributed by atoms with Crippen LogP contribution in [0.15, 0.2) is 23.1 Å². The van der Waals surface area contributed by atoms with Gasteiger partial charge in [0, 0.05) is 11.7 Å². The molecular weight excluding hydrogens is 276 g/mol. The van der Waals surface area contributed by atoms with E-state index >= 15 is 0 Å². The van der Waals surface area contributed by atoms with Gasteiger partial charge in [-0.05, 0) is 43.5 Å². The molecule has 20 heavy (non-hydrogen) atoms. The minimum absolute atomic E-state index is 0.0467. The monoisotopic (exact) mass is 294 g/mol. The van der Waals surface area contributed by atoms with Crippen LogP contribution < -0.4 is 10.0 Å². The largest absolute Gasteiger partial charge is 0.325 e. The summed E-state index contributed by atoms with van der Waals surface area (Å²) >= 11 is 0. The second kappa shape index (κ2) is 4.86. The Bertz CT molecular complexity index is 648. The molecule has 0 bridgehead atoms. The predicted molar refractivity (Wildman–Crippen MR) is 76.1 cm³/mol. The maximum absolute atomic E-state index is 12.4. The number of hydrogen-bond acceptors (Lipinski definition) is 3. The summed E-state index contributed by atoms with van der Waals surface area (Å²) in [5, 5.41) is 2.74. The summed E-state index contributed by atoms with van der Waals surface area (Å²) < 4.78 is 27.5. The lowest BCUT2D eigenvalue weighted by molar-refractivity contribution is -0.116. The molecule has 108 valence electrons. The van der Waals surface area contributed by atoms with Crippen molar-refractivity contribution in [1.82, 2.24) is 4.72 Å². The third kappa shape index (κ3) is 2.33. The fraction of sp³-hybridized carbons (Fsp3) is 0.500. The van der Waals surface area contributed by atoms with Crippen LogP contribution in [-0.2, 0) is 14.8 Å². The summed E-state index contributed by atoms with van der Waals surface area (Å²) in [5.41, 5.74) is 1.46. The molecular formula is C14H18N2O3S. The number of rotatable bonds is 3. The standard InChI is InChI=1S/C14H18N2O3S/c1-9-12-8-11(6-7-13(12)15-14(9)17)20(18,19)16-10-4-2-3-5-10/h6-10,16H,2-5H2,1H3,(H,15,17). The summed E-state index contributed by atoms with van der Waals surface area (Å²) in [6.45, 7) is 1.78. The van der Waals surface area contributed by atoms with Crippen LogP contribution in [-0.4, -0.2) is 20.4 Å². The zero-order valence-electron chi connectivity index (χ0n) is 11.3. The number of hydrogen-bond donors (Lipinski definition) is 2. The summed E-state index contributed by atoms with van der Waals surface area (Å²) in [4.78, 5) is 11.8. The normalized spacial score (nSPS) is 22.9. The molecule has 0 spiro atoms. The topological polar surface area (TPSA) is 75.3 Å². The highest BCUT2D eigenvalue weighted by molar-refractivity contribution is 7.89. The molecule has 1 aliphatic carbocycles. The molecule has 1 heterocycles. The first-order valence-corrected chi connectivity index (χ1v) is 8.43. The van der Waals surface area contributed by atoms with E-state index in [0.717, 1.165) is 31.2 Å².